The number of ketones is 1. The van der Waals surface area contributed by atoms with Gasteiger partial charge >= 0.3 is 17.9 Å². The summed E-state index contributed by atoms with van der Waals surface area (Å²) >= 11 is 0. The number of hydrogen-bond acceptors (Lipinski definition) is 10. The summed E-state index contributed by atoms with van der Waals surface area (Å²) in [5.74, 6) is -4.09. The van der Waals surface area contributed by atoms with Crippen LogP contribution in [0.2, 0.25) is 0 Å². The predicted octanol–water partition coefficient (Wildman–Crippen LogP) is 1.39. The van der Waals surface area contributed by atoms with Gasteiger partial charge in [-0.05, 0) is 43.9 Å². The normalized spacial score (nSPS) is 45.3. The molecule has 0 unspecified atom stereocenters. The summed E-state index contributed by atoms with van der Waals surface area (Å²) in [6.45, 7) is 7.08. The number of fused-ring (bicyclic) bond motifs is 4. The van der Waals surface area contributed by atoms with Crippen molar-refractivity contribution in [3.8, 4) is 0 Å². The van der Waals surface area contributed by atoms with Crippen LogP contribution in [0.15, 0.2) is 34.9 Å². The highest BCUT2D eigenvalue weighted by molar-refractivity contribution is 5.99. The summed E-state index contributed by atoms with van der Waals surface area (Å²) < 4.78 is 21.6. The van der Waals surface area contributed by atoms with E-state index in [-0.39, 0.29) is 18.1 Å². The van der Waals surface area contributed by atoms with Crippen molar-refractivity contribution in [2.45, 2.75) is 65.1 Å². The van der Waals surface area contributed by atoms with Crippen LogP contribution >= 0.6 is 0 Å². The van der Waals surface area contributed by atoms with E-state index in [2.05, 4.69) is 0 Å². The van der Waals surface area contributed by atoms with Crippen molar-refractivity contribution in [3.63, 3.8) is 0 Å². The summed E-state index contributed by atoms with van der Waals surface area (Å²) in [6, 6.07) is 0. The maximum absolute atomic E-state index is 13.8. The topological polar surface area (TPSA) is 146 Å². The van der Waals surface area contributed by atoms with Gasteiger partial charge in [0.25, 0.3) is 0 Å². The van der Waals surface area contributed by atoms with E-state index in [0.29, 0.717) is 12.0 Å². The zero-order valence-electron chi connectivity index (χ0n) is 22.3. The van der Waals surface area contributed by atoms with Crippen molar-refractivity contribution in [2.24, 2.45) is 34.0 Å². The van der Waals surface area contributed by atoms with Gasteiger partial charge in [0, 0.05) is 28.2 Å². The quantitative estimate of drug-likeness (QED) is 0.311. The number of ether oxygens (including phenoxy) is 4. The Kier molecular flexibility index (Phi) is 6.05. The number of hydrogen-bond donors (Lipinski definition) is 2. The molecule has 5 aliphatic rings. The Balaban J connectivity index is 1.71. The van der Waals surface area contributed by atoms with Gasteiger partial charge in [0.05, 0.1) is 44.4 Å². The van der Waals surface area contributed by atoms with Gasteiger partial charge in [-0.3, -0.25) is 14.4 Å². The molecule has 10 atom stereocenters. The molecule has 2 N–H and O–H groups in total. The van der Waals surface area contributed by atoms with Crippen molar-refractivity contribution >= 4 is 23.7 Å². The van der Waals surface area contributed by atoms with Gasteiger partial charge in [0.15, 0.2) is 5.78 Å². The molecule has 38 heavy (non-hydrogen) atoms. The molecule has 0 aromatic carbocycles. The molecule has 3 aliphatic carbocycles. The molecule has 2 fully saturated rings. The number of rotatable bonds is 4. The average molecular weight is 531 g/mol. The smallest absolute Gasteiger partial charge is 0.337 e. The lowest BCUT2D eigenvalue weighted by Gasteiger charge is -2.61. The van der Waals surface area contributed by atoms with E-state index in [4.69, 9.17) is 18.9 Å². The highest BCUT2D eigenvalue weighted by atomic mass is 16.6. The van der Waals surface area contributed by atoms with E-state index in [9.17, 15) is 29.4 Å². The van der Waals surface area contributed by atoms with Gasteiger partial charge in [0.2, 0.25) is 6.29 Å². The number of carbonyl (C=O) groups is 4. The van der Waals surface area contributed by atoms with Crippen molar-refractivity contribution in [3.05, 3.63) is 34.9 Å². The van der Waals surface area contributed by atoms with Crippen LogP contribution in [0.25, 0.3) is 0 Å². The first-order valence-corrected chi connectivity index (χ1v) is 12.8. The molecule has 0 amide bonds. The lowest BCUT2D eigenvalue weighted by Crippen LogP contribution is -2.69. The SMILES string of the molecule is COC(=O)C[C@H]1[C@]2(C)C3=C(C)[C@H](C4=C[C@@H](O)OC4=O)C[C@H]3O[C@@H]2[C@H](O)[C@@H]2[C@]1(C)C(=O)C=C[C@@]2(C)C(=O)OC. The molecule has 5 rings (SSSR count). The zero-order valence-corrected chi connectivity index (χ0v) is 22.3. The Morgan fingerprint density at radius 3 is 2.37 bits per heavy atom. The lowest BCUT2D eigenvalue weighted by molar-refractivity contribution is -0.216. The van der Waals surface area contributed by atoms with E-state index in [0.717, 1.165) is 11.1 Å². The molecule has 0 aromatic heterocycles. The Labute approximate surface area is 220 Å². The second kappa shape index (κ2) is 8.59. The molecule has 1 saturated heterocycles. The van der Waals surface area contributed by atoms with Gasteiger partial charge in [0.1, 0.15) is 0 Å². The van der Waals surface area contributed by atoms with Crippen LogP contribution in [0.1, 0.15) is 40.5 Å². The second-order valence-corrected chi connectivity index (χ2v) is 11.7. The number of cyclic esters (lactones) is 1. The standard InChI is InChI=1S/C28H34O10/c1-12-13(14-10-19(31)38-24(14)33)9-15-20(12)28(4)16(11-18(30)35-5)27(3)17(29)7-8-26(2,25(34)36-6)22(27)21(32)23(28)37-15/h7-8,10,13,15-16,19,21-23,31-32H,9,11H2,1-6H3/t13-,15-,16-,19+,21-,22+,23-,26-,27+,28-/m1/s1. The van der Waals surface area contributed by atoms with Crippen molar-refractivity contribution < 1.29 is 48.3 Å². The third-order valence-electron chi connectivity index (χ3n) is 10.1. The third kappa shape index (κ3) is 3.23. The van der Waals surface area contributed by atoms with Crippen LogP contribution in [0, 0.1) is 34.0 Å². The fraction of sp³-hybridized carbons (Fsp3) is 0.643. The van der Waals surface area contributed by atoms with Crippen molar-refractivity contribution in [2.75, 3.05) is 14.2 Å². The van der Waals surface area contributed by atoms with Crippen LogP contribution in [0.5, 0.6) is 0 Å². The molecule has 10 nitrogen and oxygen atoms in total. The highest BCUT2D eigenvalue weighted by Gasteiger charge is 2.74. The molecule has 206 valence electrons. The van der Waals surface area contributed by atoms with Gasteiger partial charge in [-0.2, -0.15) is 0 Å². The molecule has 1 saturated carbocycles. The number of allylic oxidation sites excluding steroid dienone is 2. The molecule has 2 aliphatic heterocycles. The van der Waals surface area contributed by atoms with E-state index >= 15 is 0 Å². The molecule has 10 heteroatoms. The zero-order chi connectivity index (χ0) is 27.9. The Hall–Kier alpha value is -2.82. The van der Waals surface area contributed by atoms with E-state index in [1.165, 1.54) is 32.4 Å². The average Bonchev–Trinajstić information content (AvgIpc) is 3.48. The van der Waals surface area contributed by atoms with Crippen molar-refractivity contribution in [1.82, 2.24) is 0 Å². The summed E-state index contributed by atoms with van der Waals surface area (Å²) in [5, 5.41) is 21.8. The van der Waals surface area contributed by atoms with Crippen LogP contribution in [0.3, 0.4) is 0 Å². The number of aliphatic hydroxyl groups excluding tert-OH is 2. The first kappa shape index (κ1) is 26.8. The van der Waals surface area contributed by atoms with E-state index in [1.807, 2.05) is 13.8 Å². The molecule has 2 heterocycles. The summed E-state index contributed by atoms with van der Waals surface area (Å²) in [6.07, 6.45) is 0.520. The minimum absolute atomic E-state index is 0.152. The molecule has 0 bridgehead atoms. The molecule has 0 radical (unpaired) electrons. The molecule has 0 aromatic rings. The monoisotopic (exact) mass is 530 g/mol. The predicted molar refractivity (Wildman–Crippen MR) is 130 cm³/mol. The first-order valence-electron chi connectivity index (χ1n) is 12.8. The fourth-order valence-corrected chi connectivity index (χ4v) is 8.48. The molecule has 0 spiro atoms. The second-order valence-electron chi connectivity index (χ2n) is 11.7. The van der Waals surface area contributed by atoms with Crippen LogP contribution in [0.4, 0.5) is 0 Å². The van der Waals surface area contributed by atoms with Crippen LogP contribution in [-0.2, 0) is 38.1 Å². The highest BCUT2D eigenvalue weighted by Crippen LogP contribution is 2.69. The lowest BCUT2D eigenvalue weighted by atomic mass is 9.41. The maximum atomic E-state index is 13.8. The maximum Gasteiger partial charge on any atom is 0.337 e. The Morgan fingerprint density at radius 2 is 1.79 bits per heavy atom. The summed E-state index contributed by atoms with van der Waals surface area (Å²) in [7, 11) is 2.53. The largest absolute Gasteiger partial charge is 0.469 e. The van der Waals surface area contributed by atoms with E-state index in [1.54, 1.807) is 13.8 Å². The first-order chi connectivity index (χ1) is 17.8. The molecular formula is C28H34O10. The van der Waals surface area contributed by atoms with Gasteiger partial charge in [-0.1, -0.05) is 25.5 Å². The van der Waals surface area contributed by atoms with Gasteiger partial charge in [-0.15, -0.1) is 0 Å². The minimum Gasteiger partial charge on any atom is -0.469 e. The van der Waals surface area contributed by atoms with Crippen LogP contribution in [-0.4, -0.2) is 72.7 Å². The number of carbonyl (C=O) groups excluding carboxylic acids is 4. The number of aliphatic hydroxyl groups is 2. The fourth-order valence-electron chi connectivity index (χ4n) is 8.48. The Morgan fingerprint density at radius 1 is 1.11 bits per heavy atom. The van der Waals surface area contributed by atoms with Gasteiger partial charge in [-0.25, -0.2) is 4.79 Å². The summed E-state index contributed by atoms with van der Waals surface area (Å²) in [5.41, 5.74) is -1.76. The Bertz CT molecular complexity index is 1210. The number of esters is 3. The number of methoxy groups -OCH3 is 2. The molecular weight excluding hydrogens is 496 g/mol. The van der Waals surface area contributed by atoms with E-state index < -0.39 is 70.6 Å². The summed E-state index contributed by atoms with van der Waals surface area (Å²) in [4.78, 5) is 52.1. The minimum atomic E-state index is -1.36. The van der Waals surface area contributed by atoms with Crippen molar-refractivity contribution in [1.29, 1.82) is 0 Å². The van der Waals surface area contributed by atoms with Crippen LogP contribution < -0.4 is 0 Å². The van der Waals surface area contributed by atoms with Gasteiger partial charge < -0.3 is 29.2 Å². The third-order valence-corrected chi connectivity index (χ3v) is 10.1.